The van der Waals surface area contributed by atoms with Crippen LogP contribution in [0.5, 0.6) is 5.75 Å². The fourth-order valence-corrected chi connectivity index (χ4v) is 3.63. The van der Waals surface area contributed by atoms with E-state index in [0.29, 0.717) is 10.7 Å². The normalized spacial score (nSPS) is 17.1. The van der Waals surface area contributed by atoms with Crippen LogP contribution in [-0.2, 0) is 0 Å². The van der Waals surface area contributed by atoms with Crippen LogP contribution in [0.4, 0.5) is 5.69 Å². The van der Waals surface area contributed by atoms with Gasteiger partial charge in [-0.05, 0) is 68.9 Å². The maximum absolute atomic E-state index is 12.0. The van der Waals surface area contributed by atoms with Crippen LogP contribution in [0.2, 0.25) is 0 Å². The molecule has 0 saturated carbocycles. The maximum atomic E-state index is 12.0. The van der Waals surface area contributed by atoms with Crippen molar-refractivity contribution in [2.24, 2.45) is 0 Å². The first-order valence-corrected chi connectivity index (χ1v) is 9.74. The number of carbonyl (C=O) groups is 1. The molecule has 1 aliphatic heterocycles. The summed E-state index contributed by atoms with van der Waals surface area (Å²) in [6, 6.07) is 13.6. The van der Waals surface area contributed by atoms with E-state index in [0.717, 1.165) is 23.4 Å². The second-order valence-electron chi connectivity index (χ2n) is 8.04. The summed E-state index contributed by atoms with van der Waals surface area (Å²) in [5.74, 6) is 0.881. The van der Waals surface area contributed by atoms with Crippen molar-refractivity contribution in [1.29, 1.82) is 0 Å². The maximum Gasteiger partial charge on any atom is 0.253 e. The topological polar surface area (TPSA) is 53.6 Å². The molecule has 0 bridgehead atoms. The molecule has 1 amide bonds. The molecule has 0 aliphatic carbocycles. The number of nitrogens with zero attached hydrogens (tertiary/aromatic N) is 1. The van der Waals surface area contributed by atoms with Gasteiger partial charge in [0, 0.05) is 37.3 Å². The van der Waals surface area contributed by atoms with Gasteiger partial charge in [-0.15, -0.1) is 0 Å². The molecule has 2 aromatic rings. The van der Waals surface area contributed by atoms with E-state index in [9.17, 15) is 4.79 Å². The van der Waals surface area contributed by atoms with Crippen molar-refractivity contribution in [2.45, 2.75) is 38.8 Å². The van der Waals surface area contributed by atoms with Gasteiger partial charge < -0.3 is 20.3 Å². The smallest absolute Gasteiger partial charge is 0.253 e. The Kier molecular flexibility index (Phi) is 5.61. The average Bonchev–Trinajstić information content (AvgIpc) is 2.60. The highest BCUT2D eigenvalue weighted by Gasteiger charge is 2.34. The summed E-state index contributed by atoms with van der Waals surface area (Å²) in [5.41, 5.74) is 3.49. The Morgan fingerprint density at radius 3 is 2.50 bits per heavy atom. The molecule has 1 unspecified atom stereocenters. The Labute approximate surface area is 172 Å². The van der Waals surface area contributed by atoms with Crippen LogP contribution in [0.15, 0.2) is 42.5 Å². The van der Waals surface area contributed by atoms with Gasteiger partial charge in [-0.25, -0.2) is 0 Å². The minimum Gasteiger partial charge on any atom is -0.487 e. The first-order chi connectivity index (χ1) is 13.1. The van der Waals surface area contributed by atoms with Gasteiger partial charge in [0.15, 0.2) is 5.11 Å². The number of aryl methyl sites for hydroxylation is 1. The summed E-state index contributed by atoms with van der Waals surface area (Å²) in [4.78, 5) is 13.6. The number of carbonyl (C=O) groups excluding carboxylic acids is 1. The Morgan fingerprint density at radius 2 is 1.86 bits per heavy atom. The summed E-state index contributed by atoms with van der Waals surface area (Å²) in [5, 5.41) is 7.17. The number of hydrogen-bond donors (Lipinski definition) is 2. The third-order valence-electron chi connectivity index (χ3n) is 4.73. The summed E-state index contributed by atoms with van der Waals surface area (Å²) in [6.45, 7) is 6.23. The molecule has 0 saturated heterocycles. The van der Waals surface area contributed by atoms with Gasteiger partial charge in [0.1, 0.15) is 11.4 Å². The van der Waals surface area contributed by atoms with Crippen LogP contribution in [0, 0.1) is 6.92 Å². The van der Waals surface area contributed by atoms with Gasteiger partial charge in [0.05, 0.1) is 6.04 Å². The predicted octanol–water partition coefficient (Wildman–Crippen LogP) is 4.29. The van der Waals surface area contributed by atoms with Crippen LogP contribution in [0.1, 0.15) is 47.8 Å². The van der Waals surface area contributed by atoms with E-state index in [1.54, 1.807) is 31.1 Å². The summed E-state index contributed by atoms with van der Waals surface area (Å²) in [7, 11) is 3.48. The largest absolute Gasteiger partial charge is 0.487 e. The number of benzene rings is 2. The number of thiocarbonyl (C=S) groups is 1. The van der Waals surface area contributed by atoms with E-state index in [1.165, 1.54) is 5.56 Å². The highest BCUT2D eigenvalue weighted by atomic mass is 32.1. The average molecular weight is 398 g/mol. The zero-order valence-electron chi connectivity index (χ0n) is 17.0. The molecule has 0 radical (unpaired) electrons. The molecular weight excluding hydrogens is 370 g/mol. The zero-order chi connectivity index (χ0) is 20.5. The van der Waals surface area contributed by atoms with Crippen LogP contribution in [0.3, 0.4) is 0 Å². The second kappa shape index (κ2) is 7.80. The first kappa shape index (κ1) is 20.1. The molecule has 1 aliphatic rings. The van der Waals surface area contributed by atoms with E-state index >= 15 is 0 Å². The van der Waals surface area contributed by atoms with E-state index in [-0.39, 0.29) is 17.6 Å². The van der Waals surface area contributed by atoms with Crippen molar-refractivity contribution in [3.05, 3.63) is 59.2 Å². The van der Waals surface area contributed by atoms with Gasteiger partial charge in [-0.2, -0.15) is 0 Å². The van der Waals surface area contributed by atoms with Gasteiger partial charge in [-0.1, -0.05) is 12.1 Å². The molecule has 3 rings (SSSR count). The summed E-state index contributed by atoms with van der Waals surface area (Å²) in [6.07, 6.45) is 0.807. The Morgan fingerprint density at radius 1 is 1.18 bits per heavy atom. The molecule has 5 nitrogen and oxygen atoms in total. The second-order valence-corrected chi connectivity index (χ2v) is 8.44. The minimum absolute atomic E-state index is 0.0245. The Hall–Kier alpha value is -2.60. The third-order valence-corrected chi connectivity index (χ3v) is 4.95. The lowest BCUT2D eigenvalue weighted by Gasteiger charge is -2.38. The molecule has 6 heteroatoms. The van der Waals surface area contributed by atoms with Gasteiger partial charge in [0.2, 0.25) is 0 Å². The lowest BCUT2D eigenvalue weighted by molar-refractivity contribution is 0.0696. The number of amides is 1. The van der Waals surface area contributed by atoms with Crippen molar-refractivity contribution in [3.8, 4) is 5.75 Å². The number of anilines is 1. The van der Waals surface area contributed by atoms with E-state index in [4.69, 9.17) is 17.0 Å². The van der Waals surface area contributed by atoms with Crippen LogP contribution >= 0.6 is 12.2 Å². The molecular formula is C22H27N3O2S. The Balaban J connectivity index is 1.70. The lowest BCUT2D eigenvalue weighted by Crippen LogP contribution is -2.42. The zero-order valence-corrected chi connectivity index (χ0v) is 17.8. The summed E-state index contributed by atoms with van der Waals surface area (Å²) < 4.78 is 6.15. The van der Waals surface area contributed by atoms with Crippen molar-refractivity contribution < 1.29 is 9.53 Å². The van der Waals surface area contributed by atoms with Crippen LogP contribution < -0.4 is 15.4 Å². The SMILES string of the molecule is Cc1ccc2c(c1)OC(C)(C)CC2NC(=S)Nc1ccc(C(=O)N(C)C)cc1. The monoisotopic (exact) mass is 397 g/mol. The molecule has 28 heavy (non-hydrogen) atoms. The van der Waals surface area contributed by atoms with Crippen molar-refractivity contribution in [2.75, 3.05) is 19.4 Å². The number of nitrogens with one attached hydrogen (secondary N) is 2. The highest BCUT2D eigenvalue weighted by Crippen LogP contribution is 2.39. The molecule has 2 aromatic carbocycles. The number of fused-ring (bicyclic) bond motifs is 1. The van der Waals surface area contributed by atoms with Crippen molar-refractivity contribution >= 4 is 28.9 Å². The van der Waals surface area contributed by atoms with Crippen molar-refractivity contribution in [3.63, 3.8) is 0 Å². The molecule has 0 fully saturated rings. The van der Waals surface area contributed by atoms with E-state index < -0.39 is 0 Å². The lowest BCUT2D eigenvalue weighted by atomic mass is 9.89. The fraction of sp³-hybridized carbons (Fsp3) is 0.364. The van der Waals surface area contributed by atoms with Crippen LogP contribution in [-0.4, -0.2) is 35.6 Å². The quantitative estimate of drug-likeness (QED) is 0.757. The van der Waals surface area contributed by atoms with Crippen molar-refractivity contribution in [1.82, 2.24) is 10.2 Å². The summed E-state index contributed by atoms with van der Waals surface area (Å²) >= 11 is 5.53. The minimum atomic E-state index is -0.276. The van der Waals surface area contributed by atoms with Crippen LogP contribution in [0.25, 0.3) is 0 Å². The number of hydrogen-bond acceptors (Lipinski definition) is 3. The third kappa shape index (κ3) is 4.62. The fourth-order valence-electron chi connectivity index (χ4n) is 3.37. The molecule has 0 spiro atoms. The first-order valence-electron chi connectivity index (χ1n) is 9.33. The predicted molar refractivity (Wildman–Crippen MR) is 117 cm³/mol. The molecule has 2 N–H and O–H groups in total. The molecule has 0 aromatic heterocycles. The number of rotatable bonds is 3. The van der Waals surface area contributed by atoms with Gasteiger partial charge >= 0.3 is 0 Å². The van der Waals surface area contributed by atoms with E-state index in [2.05, 4.69) is 49.6 Å². The van der Waals surface area contributed by atoms with Gasteiger partial charge in [-0.3, -0.25) is 4.79 Å². The van der Waals surface area contributed by atoms with E-state index in [1.807, 2.05) is 12.1 Å². The standard InChI is InChI=1S/C22H27N3O2S/c1-14-6-11-17-18(13-22(2,3)27-19(17)12-14)24-21(28)23-16-9-7-15(8-10-16)20(26)25(4)5/h6-12,18H,13H2,1-5H3,(H2,23,24,28). The van der Waals surface area contributed by atoms with Gasteiger partial charge in [0.25, 0.3) is 5.91 Å². The molecule has 1 heterocycles. The molecule has 1 atom stereocenters. The number of ether oxygens (including phenoxy) is 1. The Bertz CT molecular complexity index is 891. The molecule has 148 valence electrons. The highest BCUT2D eigenvalue weighted by molar-refractivity contribution is 7.80.